The molecule has 0 radical (unpaired) electrons. The van der Waals surface area contributed by atoms with Gasteiger partial charge in [0.2, 0.25) is 0 Å². The molecule has 0 amide bonds. The van der Waals surface area contributed by atoms with Gasteiger partial charge in [0.05, 0.1) is 6.54 Å². The number of aromatic amines is 1. The van der Waals surface area contributed by atoms with Crippen LogP contribution in [0.2, 0.25) is 0 Å². The summed E-state index contributed by atoms with van der Waals surface area (Å²) >= 11 is 0. The monoisotopic (exact) mass is 234 g/mol. The molecule has 1 heterocycles. The van der Waals surface area contributed by atoms with E-state index in [-0.39, 0.29) is 11.4 Å². The van der Waals surface area contributed by atoms with Gasteiger partial charge < -0.3 is 0 Å². The largest absolute Gasteiger partial charge is 0.299 e. The van der Waals surface area contributed by atoms with Crippen molar-refractivity contribution < 1.29 is 4.39 Å². The van der Waals surface area contributed by atoms with Crippen molar-refractivity contribution in [3.63, 3.8) is 0 Å². The number of hydrogen-bond donors (Lipinski definition) is 1. The summed E-state index contributed by atoms with van der Waals surface area (Å²) in [6.45, 7) is 4.29. The van der Waals surface area contributed by atoms with Crippen LogP contribution in [0.15, 0.2) is 29.1 Å². The number of aromatic nitrogens is 2. The molecule has 3 nitrogen and oxygen atoms in total. The fraction of sp³-hybridized carbons (Fsp3) is 0.308. The van der Waals surface area contributed by atoms with Crippen molar-refractivity contribution in [1.29, 1.82) is 0 Å². The Morgan fingerprint density at radius 1 is 1.29 bits per heavy atom. The molecule has 2 aromatic rings. The zero-order valence-corrected chi connectivity index (χ0v) is 9.96. The second kappa shape index (κ2) is 4.57. The Bertz CT molecular complexity index is 566. The molecule has 0 aliphatic rings. The fourth-order valence-electron chi connectivity index (χ4n) is 1.94. The molecule has 1 N–H and O–H groups in total. The lowest BCUT2D eigenvalue weighted by Gasteiger charge is -2.01. The zero-order valence-electron chi connectivity index (χ0n) is 9.96. The van der Waals surface area contributed by atoms with Gasteiger partial charge >= 0.3 is 0 Å². The van der Waals surface area contributed by atoms with Crippen molar-refractivity contribution in [3.05, 3.63) is 57.3 Å². The Morgan fingerprint density at radius 3 is 2.47 bits per heavy atom. The number of nitrogens with one attached hydrogen (secondary N) is 1. The molecule has 0 aliphatic heterocycles. The van der Waals surface area contributed by atoms with Gasteiger partial charge in [0.1, 0.15) is 5.82 Å². The minimum Gasteiger partial charge on any atom is -0.299 e. The average molecular weight is 234 g/mol. The summed E-state index contributed by atoms with van der Waals surface area (Å²) < 4.78 is 14.3. The molecule has 0 atom stereocenters. The standard InChI is InChI=1S/C13H15FN2O/c1-3-12-9(2)15-16(13(12)17)8-10-4-6-11(14)7-5-10/h4-7,15H,3,8H2,1-2H3. The summed E-state index contributed by atoms with van der Waals surface area (Å²) in [5.41, 5.74) is 2.62. The fourth-order valence-corrected chi connectivity index (χ4v) is 1.94. The number of hydrogen-bond acceptors (Lipinski definition) is 1. The van der Waals surface area contributed by atoms with Crippen LogP contribution >= 0.6 is 0 Å². The lowest BCUT2D eigenvalue weighted by atomic mass is 10.2. The summed E-state index contributed by atoms with van der Waals surface area (Å²) in [5.74, 6) is -0.266. The van der Waals surface area contributed by atoms with Crippen molar-refractivity contribution >= 4 is 0 Å². The minimum absolute atomic E-state index is 0.00863. The highest BCUT2D eigenvalue weighted by atomic mass is 19.1. The number of aryl methyl sites for hydroxylation is 1. The Balaban J connectivity index is 2.30. The molecule has 4 heteroatoms. The first kappa shape index (κ1) is 11.6. The highest BCUT2D eigenvalue weighted by Gasteiger charge is 2.08. The molecule has 0 bridgehead atoms. The maximum atomic E-state index is 12.8. The lowest BCUT2D eigenvalue weighted by Crippen LogP contribution is -2.19. The van der Waals surface area contributed by atoms with Gasteiger partial charge in [-0.3, -0.25) is 9.89 Å². The van der Waals surface area contributed by atoms with Gasteiger partial charge in [0.25, 0.3) is 5.56 Å². The number of nitrogens with zero attached hydrogens (tertiary/aromatic N) is 1. The van der Waals surface area contributed by atoms with Crippen LogP contribution in [0, 0.1) is 12.7 Å². The van der Waals surface area contributed by atoms with Crippen molar-refractivity contribution in [3.8, 4) is 0 Å². The van der Waals surface area contributed by atoms with Gasteiger partial charge in [-0.25, -0.2) is 9.07 Å². The minimum atomic E-state index is -0.266. The van der Waals surface area contributed by atoms with E-state index in [1.54, 1.807) is 16.8 Å². The van der Waals surface area contributed by atoms with Crippen molar-refractivity contribution in [2.75, 3.05) is 0 Å². The van der Waals surface area contributed by atoms with Gasteiger partial charge in [-0.05, 0) is 31.0 Å². The Morgan fingerprint density at radius 2 is 1.94 bits per heavy atom. The van der Waals surface area contributed by atoms with Crippen LogP contribution in [0.1, 0.15) is 23.7 Å². The van der Waals surface area contributed by atoms with Gasteiger partial charge in [-0.2, -0.15) is 0 Å². The summed E-state index contributed by atoms with van der Waals surface area (Å²) in [6.07, 6.45) is 0.720. The molecule has 17 heavy (non-hydrogen) atoms. The van der Waals surface area contributed by atoms with Gasteiger partial charge in [-0.1, -0.05) is 19.1 Å². The van der Waals surface area contributed by atoms with Crippen LogP contribution in [0.3, 0.4) is 0 Å². The van der Waals surface area contributed by atoms with Gasteiger partial charge in [0, 0.05) is 11.3 Å². The van der Waals surface area contributed by atoms with E-state index in [9.17, 15) is 9.18 Å². The van der Waals surface area contributed by atoms with E-state index in [4.69, 9.17) is 0 Å². The first-order chi connectivity index (χ1) is 8.11. The maximum absolute atomic E-state index is 12.8. The van der Waals surface area contributed by atoms with E-state index >= 15 is 0 Å². The van der Waals surface area contributed by atoms with E-state index in [0.29, 0.717) is 6.54 Å². The summed E-state index contributed by atoms with van der Waals surface area (Å²) in [5, 5.41) is 3.04. The van der Waals surface area contributed by atoms with Crippen molar-refractivity contribution in [1.82, 2.24) is 9.78 Å². The second-order valence-corrected chi connectivity index (χ2v) is 4.09. The highest BCUT2D eigenvalue weighted by Crippen LogP contribution is 2.05. The lowest BCUT2D eigenvalue weighted by molar-refractivity contribution is 0.622. The normalized spacial score (nSPS) is 10.8. The molecular weight excluding hydrogens is 219 g/mol. The molecule has 2 rings (SSSR count). The molecule has 0 aliphatic carbocycles. The number of H-pyrrole nitrogens is 1. The van der Waals surface area contributed by atoms with Crippen LogP contribution in [-0.2, 0) is 13.0 Å². The first-order valence-electron chi connectivity index (χ1n) is 5.64. The Kier molecular flexibility index (Phi) is 3.13. The molecule has 1 aromatic carbocycles. The van der Waals surface area contributed by atoms with Crippen molar-refractivity contribution in [2.24, 2.45) is 0 Å². The smallest absolute Gasteiger partial charge is 0.270 e. The topological polar surface area (TPSA) is 37.8 Å². The van der Waals surface area contributed by atoms with Gasteiger partial charge in [0.15, 0.2) is 0 Å². The van der Waals surface area contributed by atoms with E-state index in [0.717, 1.165) is 23.2 Å². The van der Waals surface area contributed by atoms with Crippen LogP contribution in [0.25, 0.3) is 0 Å². The predicted octanol–water partition coefficient (Wildman–Crippen LogP) is 2.23. The number of benzene rings is 1. The quantitative estimate of drug-likeness (QED) is 0.868. The Labute approximate surface area is 98.9 Å². The van der Waals surface area contributed by atoms with Crippen LogP contribution in [0.4, 0.5) is 4.39 Å². The highest BCUT2D eigenvalue weighted by molar-refractivity contribution is 5.19. The molecular formula is C13H15FN2O. The Hall–Kier alpha value is -1.84. The van der Waals surface area contributed by atoms with E-state index in [2.05, 4.69) is 5.10 Å². The first-order valence-corrected chi connectivity index (χ1v) is 5.64. The number of rotatable bonds is 3. The molecule has 0 saturated heterocycles. The summed E-state index contributed by atoms with van der Waals surface area (Å²) in [7, 11) is 0. The summed E-state index contributed by atoms with van der Waals surface area (Å²) in [4.78, 5) is 11.9. The molecule has 0 fully saturated rings. The molecule has 90 valence electrons. The molecule has 0 saturated carbocycles. The third-order valence-corrected chi connectivity index (χ3v) is 2.87. The third-order valence-electron chi connectivity index (χ3n) is 2.87. The molecule has 1 aromatic heterocycles. The SMILES string of the molecule is CCc1c(C)[nH]n(Cc2ccc(F)cc2)c1=O. The van der Waals surface area contributed by atoms with Crippen molar-refractivity contribution in [2.45, 2.75) is 26.8 Å². The molecule has 0 unspecified atom stereocenters. The second-order valence-electron chi connectivity index (χ2n) is 4.09. The summed E-state index contributed by atoms with van der Waals surface area (Å²) in [6, 6.07) is 6.17. The van der Waals surface area contributed by atoms with E-state index < -0.39 is 0 Å². The van der Waals surface area contributed by atoms with E-state index in [1.807, 2.05) is 13.8 Å². The van der Waals surface area contributed by atoms with Gasteiger partial charge in [-0.15, -0.1) is 0 Å². The molecule has 0 spiro atoms. The third kappa shape index (κ3) is 2.30. The van der Waals surface area contributed by atoms with Crippen LogP contribution in [0.5, 0.6) is 0 Å². The average Bonchev–Trinajstić information content (AvgIpc) is 2.57. The van der Waals surface area contributed by atoms with Crippen LogP contribution in [-0.4, -0.2) is 9.78 Å². The maximum Gasteiger partial charge on any atom is 0.270 e. The van der Waals surface area contributed by atoms with E-state index in [1.165, 1.54) is 12.1 Å². The predicted molar refractivity (Wildman–Crippen MR) is 64.7 cm³/mol. The van der Waals surface area contributed by atoms with Crippen LogP contribution < -0.4 is 5.56 Å². The number of halogens is 1. The zero-order chi connectivity index (χ0) is 12.4.